The van der Waals surface area contributed by atoms with Crippen molar-refractivity contribution in [3.8, 4) is 0 Å². The molecule has 6 heteroatoms. The molecule has 4 rings (SSSR count). The summed E-state index contributed by atoms with van der Waals surface area (Å²) in [5.41, 5.74) is 3.16. The van der Waals surface area contributed by atoms with Crippen molar-refractivity contribution >= 4 is 5.91 Å². The van der Waals surface area contributed by atoms with Crippen LogP contribution in [0.25, 0.3) is 0 Å². The van der Waals surface area contributed by atoms with Gasteiger partial charge in [0.1, 0.15) is 0 Å². The Kier molecular flexibility index (Phi) is 3.84. The van der Waals surface area contributed by atoms with Crippen LogP contribution in [0.3, 0.4) is 0 Å². The number of pyridine rings is 1. The summed E-state index contributed by atoms with van der Waals surface area (Å²) in [5.74, 6) is 0.130. The average Bonchev–Trinajstić information content (AvgIpc) is 3.25. The first-order valence-corrected chi connectivity index (χ1v) is 8.62. The molecule has 1 atom stereocenters. The maximum atomic E-state index is 13.0. The molecule has 2 aliphatic rings. The number of carbonyl (C=O) groups excluding carboxylic acids is 1. The third kappa shape index (κ3) is 2.60. The number of aromatic nitrogens is 3. The molecule has 0 bridgehead atoms. The van der Waals surface area contributed by atoms with Crippen LogP contribution in [0.5, 0.6) is 0 Å². The molecule has 1 aliphatic carbocycles. The van der Waals surface area contributed by atoms with Crippen LogP contribution >= 0.6 is 0 Å². The summed E-state index contributed by atoms with van der Waals surface area (Å²) in [6.07, 6.45) is 10.5. The van der Waals surface area contributed by atoms with Crippen LogP contribution in [0.1, 0.15) is 42.6 Å². The van der Waals surface area contributed by atoms with Gasteiger partial charge in [-0.3, -0.25) is 15.1 Å². The van der Waals surface area contributed by atoms with E-state index in [0.717, 1.165) is 29.8 Å². The van der Waals surface area contributed by atoms with Crippen LogP contribution in [0.4, 0.5) is 0 Å². The van der Waals surface area contributed by atoms with Crippen molar-refractivity contribution in [2.75, 3.05) is 7.05 Å². The van der Waals surface area contributed by atoms with Gasteiger partial charge in [0.2, 0.25) is 5.91 Å². The SMILES string of the molecule is CN(Cc1cccnc1)C(=O)C1Cc2[nH]cnc2C2(CCCC2)N1. The molecule has 0 aromatic carbocycles. The van der Waals surface area contributed by atoms with Gasteiger partial charge < -0.3 is 9.88 Å². The van der Waals surface area contributed by atoms with Crippen molar-refractivity contribution in [2.45, 2.75) is 50.2 Å². The molecule has 1 unspecified atom stereocenters. The van der Waals surface area contributed by atoms with E-state index < -0.39 is 0 Å². The number of imidazole rings is 1. The maximum absolute atomic E-state index is 13.0. The Morgan fingerprint density at radius 3 is 3.00 bits per heavy atom. The van der Waals surface area contributed by atoms with E-state index in [1.165, 1.54) is 12.8 Å². The van der Waals surface area contributed by atoms with E-state index in [-0.39, 0.29) is 17.5 Å². The van der Waals surface area contributed by atoms with Crippen LogP contribution in [0, 0.1) is 0 Å². The number of amides is 1. The first-order valence-electron chi connectivity index (χ1n) is 8.62. The maximum Gasteiger partial charge on any atom is 0.240 e. The van der Waals surface area contributed by atoms with Crippen molar-refractivity contribution in [1.82, 2.24) is 25.2 Å². The fourth-order valence-corrected chi connectivity index (χ4v) is 4.16. The van der Waals surface area contributed by atoms with Gasteiger partial charge in [-0.1, -0.05) is 18.9 Å². The Balaban J connectivity index is 1.53. The van der Waals surface area contributed by atoms with Gasteiger partial charge in [-0.15, -0.1) is 0 Å². The minimum absolute atomic E-state index is 0.122. The van der Waals surface area contributed by atoms with Crippen LogP contribution in [-0.2, 0) is 23.3 Å². The summed E-state index contributed by atoms with van der Waals surface area (Å²) in [6.45, 7) is 0.577. The van der Waals surface area contributed by atoms with Crippen molar-refractivity contribution < 1.29 is 4.79 Å². The van der Waals surface area contributed by atoms with E-state index in [1.54, 1.807) is 17.4 Å². The Morgan fingerprint density at radius 2 is 2.25 bits per heavy atom. The largest absolute Gasteiger partial charge is 0.348 e. The lowest BCUT2D eigenvalue weighted by molar-refractivity contribution is -0.133. The van der Waals surface area contributed by atoms with E-state index >= 15 is 0 Å². The molecule has 1 saturated carbocycles. The number of rotatable bonds is 3. The molecule has 0 radical (unpaired) electrons. The lowest BCUT2D eigenvalue weighted by Gasteiger charge is -2.39. The van der Waals surface area contributed by atoms with Gasteiger partial charge in [-0.2, -0.15) is 0 Å². The molecule has 2 N–H and O–H groups in total. The quantitative estimate of drug-likeness (QED) is 0.901. The molecule has 2 aromatic rings. The summed E-state index contributed by atoms with van der Waals surface area (Å²) in [7, 11) is 1.86. The van der Waals surface area contributed by atoms with Gasteiger partial charge in [0, 0.05) is 38.1 Å². The molecular weight excluding hydrogens is 302 g/mol. The minimum atomic E-state index is -0.197. The van der Waals surface area contributed by atoms with E-state index in [2.05, 4.69) is 20.3 Å². The Labute approximate surface area is 141 Å². The second-order valence-corrected chi connectivity index (χ2v) is 6.98. The second kappa shape index (κ2) is 6.02. The predicted molar refractivity (Wildman–Crippen MR) is 90.1 cm³/mol. The normalized spacial score (nSPS) is 21.6. The first kappa shape index (κ1) is 15.3. The number of H-pyrrole nitrogens is 1. The molecule has 1 fully saturated rings. The summed E-state index contributed by atoms with van der Waals surface area (Å²) in [5, 5.41) is 3.65. The van der Waals surface area contributed by atoms with E-state index in [0.29, 0.717) is 13.0 Å². The predicted octanol–water partition coefficient (Wildman–Crippen LogP) is 1.75. The van der Waals surface area contributed by atoms with Crippen LogP contribution in [0.2, 0.25) is 0 Å². The highest BCUT2D eigenvalue weighted by molar-refractivity contribution is 5.82. The summed E-state index contributed by atoms with van der Waals surface area (Å²) in [6, 6.07) is 3.70. The van der Waals surface area contributed by atoms with Crippen LogP contribution in [-0.4, -0.2) is 38.8 Å². The summed E-state index contributed by atoms with van der Waals surface area (Å²) in [4.78, 5) is 26.7. The zero-order chi connectivity index (χ0) is 16.6. The topological polar surface area (TPSA) is 73.9 Å². The standard InChI is InChI=1S/C18H23N5O/c1-23(11-13-5-4-8-19-10-13)17(24)15-9-14-16(21-12-20-14)18(22-15)6-2-3-7-18/h4-5,8,10,12,15,22H,2-3,6-7,9,11H2,1H3,(H,20,21). The lowest BCUT2D eigenvalue weighted by atomic mass is 9.84. The highest BCUT2D eigenvalue weighted by Gasteiger charge is 2.46. The molecule has 1 amide bonds. The zero-order valence-electron chi connectivity index (χ0n) is 14.0. The average molecular weight is 325 g/mol. The van der Waals surface area contributed by atoms with Gasteiger partial charge in [0.15, 0.2) is 0 Å². The number of aromatic amines is 1. The molecular formula is C18H23N5O. The highest BCUT2D eigenvalue weighted by atomic mass is 16.2. The third-order valence-corrected chi connectivity index (χ3v) is 5.30. The third-order valence-electron chi connectivity index (χ3n) is 5.30. The molecule has 126 valence electrons. The number of nitrogens with zero attached hydrogens (tertiary/aromatic N) is 3. The number of hydrogen-bond acceptors (Lipinski definition) is 4. The smallest absolute Gasteiger partial charge is 0.240 e. The van der Waals surface area contributed by atoms with Crippen LogP contribution in [0.15, 0.2) is 30.9 Å². The highest BCUT2D eigenvalue weighted by Crippen LogP contribution is 2.42. The van der Waals surface area contributed by atoms with Gasteiger partial charge in [0.25, 0.3) is 0 Å². The Morgan fingerprint density at radius 1 is 1.42 bits per heavy atom. The molecule has 0 saturated heterocycles. The fraction of sp³-hybridized carbons (Fsp3) is 0.500. The number of hydrogen-bond donors (Lipinski definition) is 2. The van der Waals surface area contributed by atoms with Crippen molar-refractivity contribution in [3.05, 3.63) is 47.8 Å². The molecule has 24 heavy (non-hydrogen) atoms. The van der Waals surface area contributed by atoms with E-state index in [1.807, 2.05) is 25.4 Å². The second-order valence-electron chi connectivity index (χ2n) is 6.98. The molecule has 1 spiro atoms. The van der Waals surface area contributed by atoms with Crippen molar-refractivity contribution in [1.29, 1.82) is 0 Å². The van der Waals surface area contributed by atoms with Crippen LogP contribution < -0.4 is 5.32 Å². The molecule has 6 nitrogen and oxygen atoms in total. The molecule has 3 heterocycles. The zero-order valence-corrected chi connectivity index (χ0v) is 14.0. The van der Waals surface area contributed by atoms with Gasteiger partial charge >= 0.3 is 0 Å². The number of carbonyl (C=O) groups is 1. The Hall–Kier alpha value is -2.21. The summed E-state index contributed by atoms with van der Waals surface area (Å²) >= 11 is 0. The molecule has 1 aliphatic heterocycles. The first-order chi connectivity index (χ1) is 11.7. The number of nitrogens with one attached hydrogen (secondary N) is 2. The lowest BCUT2D eigenvalue weighted by Crippen LogP contribution is -2.57. The van der Waals surface area contributed by atoms with E-state index in [4.69, 9.17) is 0 Å². The fourth-order valence-electron chi connectivity index (χ4n) is 4.16. The number of fused-ring (bicyclic) bond motifs is 2. The van der Waals surface area contributed by atoms with Crippen molar-refractivity contribution in [2.24, 2.45) is 0 Å². The number of likely N-dealkylation sites (N-methyl/N-ethyl adjacent to an activating group) is 1. The van der Waals surface area contributed by atoms with E-state index in [9.17, 15) is 4.79 Å². The molecule has 2 aromatic heterocycles. The van der Waals surface area contributed by atoms with Gasteiger partial charge in [-0.25, -0.2) is 4.98 Å². The van der Waals surface area contributed by atoms with Gasteiger partial charge in [0.05, 0.1) is 23.6 Å². The minimum Gasteiger partial charge on any atom is -0.348 e. The monoisotopic (exact) mass is 325 g/mol. The van der Waals surface area contributed by atoms with Crippen molar-refractivity contribution in [3.63, 3.8) is 0 Å². The summed E-state index contributed by atoms with van der Waals surface area (Å²) < 4.78 is 0. The van der Waals surface area contributed by atoms with Gasteiger partial charge in [-0.05, 0) is 24.5 Å². The Bertz CT molecular complexity index is 720.